The lowest BCUT2D eigenvalue weighted by atomic mass is 10.0. The highest BCUT2D eigenvalue weighted by Crippen LogP contribution is 2.23. The number of thioether (sulfide) groups is 1. The normalized spacial score (nSPS) is 19.4. The maximum Gasteiger partial charge on any atom is 0.251 e. The molecule has 102 valence electrons. The molecule has 0 aliphatic carbocycles. The first-order chi connectivity index (χ1) is 9.33. The third-order valence-electron chi connectivity index (χ3n) is 3.86. The maximum atomic E-state index is 12.3. The molecular weight excluding hydrogens is 256 g/mol. The molecule has 2 heterocycles. The smallest absolute Gasteiger partial charge is 0.251 e. The van der Waals surface area contributed by atoms with Gasteiger partial charge in [-0.3, -0.25) is 4.79 Å². The Bertz CT molecular complexity index is 469. The van der Waals surface area contributed by atoms with E-state index in [1.54, 1.807) is 0 Å². The highest BCUT2D eigenvalue weighted by Gasteiger charge is 2.18. The van der Waals surface area contributed by atoms with Gasteiger partial charge in [-0.1, -0.05) is 0 Å². The minimum Gasteiger partial charge on any atom is -0.385 e. The average molecular weight is 276 g/mol. The molecule has 0 bridgehead atoms. The molecule has 19 heavy (non-hydrogen) atoms. The average Bonchev–Trinajstić information content (AvgIpc) is 2.48. The summed E-state index contributed by atoms with van der Waals surface area (Å²) in [5.74, 6) is 2.42. The van der Waals surface area contributed by atoms with Crippen molar-refractivity contribution in [3.05, 3.63) is 29.3 Å². The van der Waals surface area contributed by atoms with E-state index in [9.17, 15) is 4.79 Å². The van der Waals surface area contributed by atoms with Crippen molar-refractivity contribution in [3.63, 3.8) is 0 Å². The molecule has 0 saturated carbocycles. The summed E-state index contributed by atoms with van der Waals surface area (Å²) in [5.41, 5.74) is 3.27. The van der Waals surface area contributed by atoms with E-state index >= 15 is 0 Å². The minimum atomic E-state index is 0.0882. The predicted molar refractivity (Wildman–Crippen MR) is 81.1 cm³/mol. The van der Waals surface area contributed by atoms with Gasteiger partial charge in [-0.2, -0.15) is 11.8 Å². The van der Waals surface area contributed by atoms with E-state index in [0.717, 1.165) is 37.8 Å². The lowest BCUT2D eigenvalue weighted by Gasteiger charge is -2.23. The fraction of sp³-hybridized carbons (Fsp3) is 0.533. The summed E-state index contributed by atoms with van der Waals surface area (Å²) >= 11 is 1.98. The summed E-state index contributed by atoms with van der Waals surface area (Å²) in [5, 5.41) is 6.54. The Morgan fingerprint density at radius 2 is 2.16 bits per heavy atom. The molecule has 0 spiro atoms. The molecule has 2 aliphatic rings. The molecule has 1 amide bonds. The first-order valence-corrected chi connectivity index (χ1v) is 8.24. The lowest BCUT2D eigenvalue weighted by molar-refractivity contribution is 0.0935. The van der Waals surface area contributed by atoms with Gasteiger partial charge in [0.2, 0.25) is 0 Å². The number of carbonyl (C=O) groups is 1. The fourth-order valence-electron chi connectivity index (χ4n) is 2.73. The Balaban J connectivity index is 1.69. The molecule has 0 unspecified atom stereocenters. The van der Waals surface area contributed by atoms with Crippen molar-refractivity contribution in [1.29, 1.82) is 0 Å². The second-order valence-electron chi connectivity index (χ2n) is 5.26. The third-order valence-corrected chi connectivity index (χ3v) is 4.91. The van der Waals surface area contributed by atoms with Crippen LogP contribution in [0.3, 0.4) is 0 Å². The Morgan fingerprint density at radius 3 is 3.00 bits per heavy atom. The summed E-state index contributed by atoms with van der Waals surface area (Å²) < 4.78 is 0. The standard InChI is InChI=1S/C15H20N2OS/c18-15(17-13-5-8-19-9-6-13)12-3-4-14-11(10-12)2-1-7-16-14/h3-4,10,13,16H,1-2,5-9H2,(H,17,18). The number of fused-ring (bicyclic) bond motifs is 1. The highest BCUT2D eigenvalue weighted by molar-refractivity contribution is 7.99. The lowest BCUT2D eigenvalue weighted by Crippen LogP contribution is -2.37. The topological polar surface area (TPSA) is 41.1 Å². The Morgan fingerprint density at radius 1 is 1.32 bits per heavy atom. The minimum absolute atomic E-state index is 0.0882. The van der Waals surface area contributed by atoms with Crippen molar-refractivity contribution >= 4 is 23.4 Å². The molecule has 1 fully saturated rings. The van der Waals surface area contributed by atoms with Gasteiger partial charge in [0.15, 0.2) is 0 Å². The van der Waals surface area contributed by atoms with Crippen molar-refractivity contribution in [3.8, 4) is 0 Å². The maximum absolute atomic E-state index is 12.3. The third kappa shape index (κ3) is 3.06. The molecule has 0 atom stereocenters. The van der Waals surface area contributed by atoms with E-state index in [1.807, 2.05) is 23.9 Å². The van der Waals surface area contributed by atoms with E-state index in [-0.39, 0.29) is 5.91 Å². The number of rotatable bonds is 2. The van der Waals surface area contributed by atoms with Crippen LogP contribution in [0.4, 0.5) is 5.69 Å². The summed E-state index contributed by atoms with van der Waals surface area (Å²) in [6.45, 7) is 1.04. The molecule has 0 aromatic heterocycles. The molecule has 1 saturated heterocycles. The van der Waals surface area contributed by atoms with Crippen molar-refractivity contribution < 1.29 is 4.79 Å². The Hall–Kier alpha value is -1.16. The second kappa shape index (κ2) is 5.87. The Labute approximate surface area is 118 Å². The highest BCUT2D eigenvalue weighted by atomic mass is 32.2. The van der Waals surface area contributed by atoms with Crippen molar-refractivity contribution in [2.24, 2.45) is 0 Å². The second-order valence-corrected chi connectivity index (χ2v) is 6.49. The van der Waals surface area contributed by atoms with Gasteiger partial charge in [-0.05, 0) is 61.0 Å². The number of carbonyl (C=O) groups excluding carboxylic acids is 1. The summed E-state index contributed by atoms with van der Waals surface area (Å²) in [6.07, 6.45) is 4.42. The number of hydrogen-bond acceptors (Lipinski definition) is 3. The molecular formula is C15H20N2OS. The molecule has 1 aromatic rings. The molecule has 2 aliphatic heterocycles. The van der Waals surface area contributed by atoms with Crippen LogP contribution < -0.4 is 10.6 Å². The number of nitrogens with one attached hydrogen (secondary N) is 2. The van der Waals surface area contributed by atoms with Crippen LogP contribution in [0.2, 0.25) is 0 Å². The van der Waals surface area contributed by atoms with E-state index < -0.39 is 0 Å². The number of benzene rings is 1. The first-order valence-electron chi connectivity index (χ1n) is 7.08. The summed E-state index contributed by atoms with van der Waals surface area (Å²) in [4.78, 5) is 12.3. The van der Waals surface area contributed by atoms with Crippen LogP contribution in [0.15, 0.2) is 18.2 Å². The van der Waals surface area contributed by atoms with Crippen LogP contribution in [0, 0.1) is 0 Å². The van der Waals surface area contributed by atoms with E-state index in [0.29, 0.717) is 6.04 Å². The van der Waals surface area contributed by atoms with Gasteiger partial charge >= 0.3 is 0 Å². The number of amides is 1. The first kappa shape index (κ1) is 12.9. The van der Waals surface area contributed by atoms with Gasteiger partial charge in [-0.15, -0.1) is 0 Å². The molecule has 1 aromatic carbocycles. The van der Waals surface area contributed by atoms with Gasteiger partial charge in [0.25, 0.3) is 5.91 Å². The quantitative estimate of drug-likeness (QED) is 0.872. The van der Waals surface area contributed by atoms with Crippen LogP contribution >= 0.6 is 11.8 Å². The number of hydrogen-bond donors (Lipinski definition) is 2. The van der Waals surface area contributed by atoms with Crippen LogP contribution in [-0.4, -0.2) is 30.0 Å². The zero-order valence-electron chi connectivity index (χ0n) is 11.1. The fourth-order valence-corrected chi connectivity index (χ4v) is 3.83. The summed E-state index contributed by atoms with van der Waals surface area (Å²) in [6, 6.07) is 6.39. The molecule has 3 rings (SSSR count). The molecule has 3 nitrogen and oxygen atoms in total. The monoisotopic (exact) mass is 276 g/mol. The van der Waals surface area contributed by atoms with Crippen molar-refractivity contribution in [2.45, 2.75) is 31.7 Å². The molecule has 4 heteroatoms. The number of anilines is 1. The van der Waals surface area contributed by atoms with Crippen molar-refractivity contribution in [2.75, 3.05) is 23.4 Å². The van der Waals surface area contributed by atoms with Gasteiger partial charge < -0.3 is 10.6 Å². The largest absolute Gasteiger partial charge is 0.385 e. The van der Waals surface area contributed by atoms with Gasteiger partial charge in [-0.25, -0.2) is 0 Å². The SMILES string of the molecule is O=C(NC1CCSCC1)c1ccc2c(c1)CCCN2. The van der Waals surface area contributed by atoms with Crippen LogP contribution in [-0.2, 0) is 6.42 Å². The summed E-state index contributed by atoms with van der Waals surface area (Å²) in [7, 11) is 0. The molecule has 0 radical (unpaired) electrons. The predicted octanol–water partition coefficient (Wildman–Crippen LogP) is 2.67. The van der Waals surface area contributed by atoms with Crippen LogP contribution in [0.25, 0.3) is 0 Å². The van der Waals surface area contributed by atoms with E-state index in [1.165, 1.54) is 22.8 Å². The zero-order chi connectivity index (χ0) is 13.1. The zero-order valence-corrected chi connectivity index (χ0v) is 11.9. The Kier molecular flexibility index (Phi) is 3.97. The van der Waals surface area contributed by atoms with Crippen LogP contribution in [0.5, 0.6) is 0 Å². The van der Waals surface area contributed by atoms with Gasteiger partial charge in [0.05, 0.1) is 0 Å². The van der Waals surface area contributed by atoms with E-state index in [2.05, 4.69) is 16.7 Å². The van der Waals surface area contributed by atoms with Crippen molar-refractivity contribution in [1.82, 2.24) is 5.32 Å². The number of aryl methyl sites for hydroxylation is 1. The van der Waals surface area contributed by atoms with Gasteiger partial charge in [0.1, 0.15) is 0 Å². The molecule has 2 N–H and O–H groups in total. The van der Waals surface area contributed by atoms with E-state index in [4.69, 9.17) is 0 Å². The van der Waals surface area contributed by atoms with Crippen LogP contribution in [0.1, 0.15) is 35.2 Å². The van der Waals surface area contributed by atoms with Gasteiger partial charge in [0, 0.05) is 23.8 Å².